The second-order valence-corrected chi connectivity index (χ2v) is 6.88. The van der Waals surface area contributed by atoms with Gasteiger partial charge in [-0.05, 0) is 52.8 Å². The molecule has 0 radical (unpaired) electrons. The number of carbonyl (C=O) groups excluding carboxylic acids is 3. The zero-order chi connectivity index (χ0) is 20.1. The zero-order valence-corrected chi connectivity index (χ0v) is 16.5. The summed E-state index contributed by atoms with van der Waals surface area (Å²) in [6.45, 7) is 9.16. The number of aryl methyl sites for hydroxylation is 2. The Morgan fingerprint density at radius 2 is 1.81 bits per heavy atom. The second kappa shape index (κ2) is 8.66. The monoisotopic (exact) mass is 370 g/mol. The summed E-state index contributed by atoms with van der Waals surface area (Å²) in [6, 6.07) is 9.11. The summed E-state index contributed by atoms with van der Waals surface area (Å²) in [5.74, 6) is -1.27. The van der Waals surface area contributed by atoms with E-state index < -0.39 is 5.97 Å². The molecule has 144 valence electrons. The summed E-state index contributed by atoms with van der Waals surface area (Å²) >= 11 is 0. The van der Waals surface area contributed by atoms with E-state index in [1.54, 1.807) is 18.2 Å². The highest BCUT2D eigenvalue weighted by Crippen LogP contribution is 2.20. The number of hydrogen-bond acceptors (Lipinski definition) is 4. The van der Waals surface area contributed by atoms with Gasteiger partial charge in [0.2, 0.25) is 5.78 Å². The van der Waals surface area contributed by atoms with Crippen LogP contribution in [0.2, 0.25) is 0 Å². The fourth-order valence-electron chi connectivity index (χ4n) is 3.17. The van der Waals surface area contributed by atoms with Crippen molar-refractivity contribution in [3.8, 4) is 0 Å². The SMILES string of the molecule is Cc1cccc(C(=O)NCC(=O)OCC(=O)c2cc(C)n(C(C)C)c2C)c1. The van der Waals surface area contributed by atoms with Crippen molar-refractivity contribution in [1.82, 2.24) is 9.88 Å². The minimum absolute atomic E-state index is 0.242. The fourth-order valence-corrected chi connectivity index (χ4v) is 3.17. The molecule has 0 saturated heterocycles. The smallest absolute Gasteiger partial charge is 0.325 e. The van der Waals surface area contributed by atoms with Gasteiger partial charge in [0, 0.05) is 28.6 Å². The van der Waals surface area contributed by atoms with E-state index in [1.165, 1.54) is 0 Å². The maximum absolute atomic E-state index is 12.4. The lowest BCUT2D eigenvalue weighted by Crippen LogP contribution is -2.31. The van der Waals surface area contributed by atoms with Crippen LogP contribution in [0, 0.1) is 20.8 Å². The predicted octanol–water partition coefficient (Wildman–Crippen LogP) is 3.15. The first-order valence-corrected chi connectivity index (χ1v) is 8.92. The zero-order valence-electron chi connectivity index (χ0n) is 16.5. The van der Waals surface area contributed by atoms with Crippen LogP contribution in [0.25, 0.3) is 0 Å². The Balaban J connectivity index is 1.88. The summed E-state index contributed by atoms with van der Waals surface area (Å²) in [5.41, 5.74) is 3.83. The molecule has 2 rings (SSSR count). The van der Waals surface area contributed by atoms with Crippen molar-refractivity contribution in [3.63, 3.8) is 0 Å². The van der Waals surface area contributed by atoms with Gasteiger partial charge in [0.25, 0.3) is 5.91 Å². The number of nitrogens with zero attached hydrogens (tertiary/aromatic N) is 1. The number of hydrogen-bond donors (Lipinski definition) is 1. The topological polar surface area (TPSA) is 77.4 Å². The fraction of sp³-hybridized carbons (Fsp3) is 0.381. The van der Waals surface area contributed by atoms with Gasteiger partial charge in [0.1, 0.15) is 6.54 Å². The first-order valence-electron chi connectivity index (χ1n) is 8.92. The minimum atomic E-state index is -0.651. The Morgan fingerprint density at radius 1 is 1.11 bits per heavy atom. The Morgan fingerprint density at radius 3 is 2.41 bits per heavy atom. The van der Waals surface area contributed by atoms with Crippen molar-refractivity contribution in [2.75, 3.05) is 13.2 Å². The molecule has 1 N–H and O–H groups in total. The Kier molecular flexibility index (Phi) is 6.55. The highest BCUT2D eigenvalue weighted by atomic mass is 16.5. The molecule has 6 nitrogen and oxygen atoms in total. The molecule has 27 heavy (non-hydrogen) atoms. The van der Waals surface area contributed by atoms with Crippen LogP contribution in [0.5, 0.6) is 0 Å². The number of ether oxygens (including phenoxy) is 1. The summed E-state index contributed by atoms with van der Waals surface area (Å²) in [4.78, 5) is 36.3. The van der Waals surface area contributed by atoms with Crippen molar-refractivity contribution in [1.29, 1.82) is 0 Å². The molecule has 1 aromatic heterocycles. The average Bonchev–Trinajstić information content (AvgIpc) is 2.92. The molecular formula is C21H26N2O4. The molecule has 1 aromatic carbocycles. The van der Waals surface area contributed by atoms with Crippen molar-refractivity contribution < 1.29 is 19.1 Å². The quantitative estimate of drug-likeness (QED) is 0.600. The van der Waals surface area contributed by atoms with Gasteiger partial charge in [0.15, 0.2) is 6.61 Å². The number of esters is 1. The molecule has 0 saturated carbocycles. The van der Waals surface area contributed by atoms with E-state index in [0.717, 1.165) is 17.0 Å². The van der Waals surface area contributed by atoms with Gasteiger partial charge in [-0.15, -0.1) is 0 Å². The summed E-state index contributed by atoms with van der Waals surface area (Å²) in [6.07, 6.45) is 0. The number of amides is 1. The molecular weight excluding hydrogens is 344 g/mol. The number of benzene rings is 1. The molecule has 0 bridgehead atoms. The molecule has 0 aliphatic rings. The van der Waals surface area contributed by atoms with Crippen LogP contribution < -0.4 is 5.32 Å². The van der Waals surface area contributed by atoms with Crippen molar-refractivity contribution >= 4 is 17.7 Å². The predicted molar refractivity (Wildman–Crippen MR) is 103 cm³/mol. The van der Waals surface area contributed by atoms with E-state index in [2.05, 4.69) is 9.88 Å². The molecule has 1 heterocycles. The molecule has 0 aliphatic heterocycles. The lowest BCUT2D eigenvalue weighted by Gasteiger charge is -2.13. The third-order valence-corrected chi connectivity index (χ3v) is 4.34. The molecule has 0 fully saturated rings. The number of Topliss-reactive ketones (excluding diaryl/α,β-unsaturated/α-hetero) is 1. The average molecular weight is 370 g/mol. The van der Waals surface area contributed by atoms with Crippen LogP contribution in [-0.4, -0.2) is 35.4 Å². The van der Waals surface area contributed by atoms with Gasteiger partial charge in [-0.25, -0.2) is 0 Å². The van der Waals surface area contributed by atoms with E-state index >= 15 is 0 Å². The van der Waals surface area contributed by atoms with E-state index in [-0.39, 0.29) is 30.9 Å². The highest BCUT2D eigenvalue weighted by Gasteiger charge is 2.18. The van der Waals surface area contributed by atoms with Crippen molar-refractivity contribution in [3.05, 3.63) is 58.4 Å². The highest BCUT2D eigenvalue weighted by molar-refractivity contribution is 6.00. The van der Waals surface area contributed by atoms with E-state index in [9.17, 15) is 14.4 Å². The van der Waals surface area contributed by atoms with Crippen LogP contribution in [0.3, 0.4) is 0 Å². The maximum atomic E-state index is 12.4. The van der Waals surface area contributed by atoms with E-state index in [4.69, 9.17) is 4.74 Å². The normalized spacial score (nSPS) is 10.7. The minimum Gasteiger partial charge on any atom is -0.456 e. The molecule has 0 atom stereocenters. The number of rotatable bonds is 7. The Bertz CT molecular complexity index is 865. The van der Waals surface area contributed by atoms with Crippen LogP contribution in [0.1, 0.15) is 57.6 Å². The van der Waals surface area contributed by atoms with Gasteiger partial charge in [-0.3, -0.25) is 14.4 Å². The van der Waals surface area contributed by atoms with Crippen LogP contribution in [0.4, 0.5) is 0 Å². The summed E-state index contributed by atoms with van der Waals surface area (Å²) in [7, 11) is 0. The largest absolute Gasteiger partial charge is 0.456 e. The van der Waals surface area contributed by atoms with Crippen molar-refractivity contribution in [2.24, 2.45) is 0 Å². The molecule has 0 spiro atoms. The lowest BCUT2D eigenvalue weighted by atomic mass is 10.1. The van der Waals surface area contributed by atoms with Gasteiger partial charge in [0.05, 0.1) is 0 Å². The Labute approximate surface area is 159 Å². The number of ketones is 1. The molecule has 0 unspecified atom stereocenters. The molecule has 6 heteroatoms. The number of carbonyl (C=O) groups is 3. The van der Waals surface area contributed by atoms with E-state index in [1.807, 2.05) is 46.8 Å². The Hall–Kier alpha value is -2.89. The van der Waals surface area contributed by atoms with Gasteiger partial charge >= 0.3 is 5.97 Å². The van der Waals surface area contributed by atoms with Gasteiger partial charge < -0.3 is 14.6 Å². The third kappa shape index (κ3) is 5.06. The summed E-state index contributed by atoms with van der Waals surface area (Å²) < 4.78 is 7.09. The molecule has 0 aliphatic carbocycles. The standard InChI is InChI=1S/C21H26N2O4/c1-13(2)23-15(4)10-18(16(23)5)19(24)12-27-20(25)11-22-21(26)17-8-6-7-14(3)9-17/h6-10,13H,11-12H2,1-5H3,(H,22,26). The van der Waals surface area contributed by atoms with Gasteiger partial charge in [-0.1, -0.05) is 17.7 Å². The first-order chi connectivity index (χ1) is 12.7. The van der Waals surface area contributed by atoms with Crippen LogP contribution in [0.15, 0.2) is 30.3 Å². The number of aromatic nitrogens is 1. The van der Waals surface area contributed by atoms with E-state index in [0.29, 0.717) is 11.1 Å². The maximum Gasteiger partial charge on any atom is 0.325 e. The van der Waals surface area contributed by atoms with Gasteiger partial charge in [-0.2, -0.15) is 0 Å². The van der Waals surface area contributed by atoms with Crippen LogP contribution >= 0.6 is 0 Å². The van der Waals surface area contributed by atoms with Crippen molar-refractivity contribution in [2.45, 2.75) is 40.7 Å². The molecule has 2 aromatic rings. The molecule has 1 amide bonds. The van der Waals surface area contributed by atoms with Crippen LogP contribution in [-0.2, 0) is 9.53 Å². The summed E-state index contributed by atoms with van der Waals surface area (Å²) in [5, 5.41) is 2.50. The lowest BCUT2D eigenvalue weighted by molar-refractivity contribution is -0.141. The third-order valence-electron chi connectivity index (χ3n) is 4.34. The first kappa shape index (κ1) is 20.4. The second-order valence-electron chi connectivity index (χ2n) is 6.88. The number of nitrogens with one attached hydrogen (secondary N) is 1.